The molecular weight excluding hydrogens is 376 g/mol. The van der Waals surface area contributed by atoms with Crippen LogP contribution in [0.15, 0.2) is 48.5 Å². The third-order valence-corrected chi connectivity index (χ3v) is 5.04. The van der Waals surface area contributed by atoms with Crippen LogP contribution in [-0.4, -0.2) is 47.8 Å². The van der Waals surface area contributed by atoms with Crippen LogP contribution in [-0.2, 0) is 6.54 Å². The second-order valence-electron chi connectivity index (χ2n) is 8.29. The van der Waals surface area contributed by atoms with Crippen molar-refractivity contribution in [3.63, 3.8) is 0 Å². The van der Waals surface area contributed by atoms with Crippen molar-refractivity contribution in [3.8, 4) is 17.6 Å². The van der Waals surface area contributed by atoms with Gasteiger partial charge >= 0.3 is 0 Å². The Kier molecular flexibility index (Phi) is 7.15. The number of hydrogen-bond donors (Lipinski definition) is 2. The van der Waals surface area contributed by atoms with Crippen molar-refractivity contribution in [3.05, 3.63) is 65.2 Å². The Hall–Kier alpha value is -2.81. The molecule has 0 saturated carbocycles. The van der Waals surface area contributed by atoms with E-state index in [-0.39, 0.29) is 11.9 Å². The van der Waals surface area contributed by atoms with E-state index in [0.29, 0.717) is 5.56 Å². The van der Waals surface area contributed by atoms with Crippen molar-refractivity contribution in [1.82, 2.24) is 10.2 Å². The second-order valence-corrected chi connectivity index (χ2v) is 8.29. The summed E-state index contributed by atoms with van der Waals surface area (Å²) in [4.78, 5) is 15.0. The van der Waals surface area contributed by atoms with Gasteiger partial charge in [0.25, 0.3) is 5.91 Å². The zero-order valence-electron chi connectivity index (χ0n) is 17.9. The van der Waals surface area contributed by atoms with Gasteiger partial charge in [-0.3, -0.25) is 9.69 Å². The van der Waals surface area contributed by atoms with E-state index in [0.717, 1.165) is 43.8 Å². The maximum absolute atomic E-state index is 12.7. The zero-order valence-corrected chi connectivity index (χ0v) is 17.9. The number of benzene rings is 2. The molecule has 1 saturated heterocycles. The Balaban J connectivity index is 1.56. The smallest absolute Gasteiger partial charge is 0.251 e. The van der Waals surface area contributed by atoms with Gasteiger partial charge < -0.3 is 15.2 Å². The highest BCUT2D eigenvalue weighted by Gasteiger charge is 2.22. The zero-order chi connectivity index (χ0) is 21.6. The molecular formula is C25H30N2O3. The van der Waals surface area contributed by atoms with Crippen LogP contribution >= 0.6 is 0 Å². The highest BCUT2D eigenvalue weighted by Crippen LogP contribution is 2.18. The van der Waals surface area contributed by atoms with Gasteiger partial charge in [-0.2, -0.15) is 0 Å². The number of rotatable bonds is 5. The Labute approximate surface area is 179 Å². The molecule has 1 heterocycles. The molecule has 0 aromatic heterocycles. The van der Waals surface area contributed by atoms with E-state index < -0.39 is 5.60 Å². The fourth-order valence-electron chi connectivity index (χ4n) is 3.54. The molecule has 1 aliphatic heterocycles. The largest absolute Gasteiger partial charge is 0.497 e. The molecule has 158 valence electrons. The molecule has 1 aliphatic rings. The molecule has 2 aromatic rings. The van der Waals surface area contributed by atoms with Gasteiger partial charge in [-0.1, -0.05) is 24.0 Å². The Morgan fingerprint density at radius 1 is 1.27 bits per heavy atom. The molecule has 1 amide bonds. The number of nitrogens with zero attached hydrogens (tertiary/aromatic N) is 1. The van der Waals surface area contributed by atoms with E-state index in [4.69, 9.17) is 4.74 Å². The lowest BCUT2D eigenvalue weighted by atomic mass is 10.0. The summed E-state index contributed by atoms with van der Waals surface area (Å²) < 4.78 is 5.31. The standard InChI is InChI=1S/C25H30N2O3/c1-25(2,29)14-13-19-9-11-21(12-10-19)24(28)26-22-7-5-15-27(18-22)17-20-6-4-8-23(16-20)30-3/h4,6,8-12,16,22,29H,5,7,15,17-18H2,1-3H3,(H,26,28). The predicted octanol–water partition coefficient (Wildman–Crippen LogP) is 3.21. The van der Waals surface area contributed by atoms with E-state index >= 15 is 0 Å². The normalized spacial score (nSPS) is 17.0. The average molecular weight is 407 g/mol. The van der Waals surface area contributed by atoms with Crippen molar-refractivity contribution in [1.29, 1.82) is 0 Å². The molecule has 2 N–H and O–H groups in total. The monoisotopic (exact) mass is 406 g/mol. The van der Waals surface area contributed by atoms with Gasteiger partial charge in [0.05, 0.1) is 7.11 Å². The maximum atomic E-state index is 12.7. The van der Waals surface area contributed by atoms with Crippen LogP contribution in [0, 0.1) is 11.8 Å². The molecule has 1 fully saturated rings. The van der Waals surface area contributed by atoms with Crippen LogP contribution in [0.1, 0.15) is 48.2 Å². The third kappa shape index (κ3) is 6.62. The van der Waals surface area contributed by atoms with E-state index in [1.165, 1.54) is 5.56 Å². The highest BCUT2D eigenvalue weighted by molar-refractivity contribution is 5.94. The Bertz CT molecular complexity index is 920. The van der Waals surface area contributed by atoms with Gasteiger partial charge in [-0.05, 0) is 75.2 Å². The van der Waals surface area contributed by atoms with Gasteiger partial charge in [-0.25, -0.2) is 0 Å². The molecule has 0 aliphatic carbocycles. The molecule has 5 nitrogen and oxygen atoms in total. The average Bonchev–Trinajstić information content (AvgIpc) is 2.72. The summed E-state index contributed by atoms with van der Waals surface area (Å²) in [6, 6.07) is 15.4. The molecule has 2 aromatic carbocycles. The van der Waals surface area contributed by atoms with Gasteiger partial charge in [0.1, 0.15) is 11.4 Å². The van der Waals surface area contributed by atoms with Gasteiger partial charge in [-0.15, -0.1) is 0 Å². The second kappa shape index (κ2) is 9.80. The highest BCUT2D eigenvalue weighted by atomic mass is 16.5. The van der Waals surface area contributed by atoms with Crippen molar-refractivity contribution >= 4 is 5.91 Å². The summed E-state index contributed by atoms with van der Waals surface area (Å²) in [7, 11) is 1.68. The summed E-state index contributed by atoms with van der Waals surface area (Å²) in [5, 5.41) is 12.9. The first-order chi connectivity index (χ1) is 14.3. The first-order valence-corrected chi connectivity index (χ1v) is 10.3. The molecule has 0 bridgehead atoms. The summed E-state index contributed by atoms with van der Waals surface area (Å²) in [5.41, 5.74) is 1.57. The van der Waals surface area contributed by atoms with Crippen molar-refractivity contribution in [2.45, 2.75) is 44.9 Å². The summed E-state index contributed by atoms with van der Waals surface area (Å²) in [6.07, 6.45) is 2.04. The molecule has 1 atom stereocenters. The lowest BCUT2D eigenvalue weighted by molar-refractivity contribution is 0.0900. The van der Waals surface area contributed by atoms with Crippen LogP contribution in [0.4, 0.5) is 0 Å². The summed E-state index contributed by atoms with van der Waals surface area (Å²) >= 11 is 0. The lowest BCUT2D eigenvalue weighted by Crippen LogP contribution is -2.47. The first-order valence-electron chi connectivity index (χ1n) is 10.3. The Morgan fingerprint density at radius 3 is 2.73 bits per heavy atom. The van der Waals surface area contributed by atoms with Crippen LogP contribution in [0.25, 0.3) is 0 Å². The molecule has 30 heavy (non-hydrogen) atoms. The SMILES string of the molecule is COc1cccc(CN2CCCC(NC(=O)c3ccc(C#CC(C)(C)O)cc3)C2)c1. The topological polar surface area (TPSA) is 61.8 Å². The lowest BCUT2D eigenvalue weighted by Gasteiger charge is -2.33. The number of piperidine rings is 1. The Morgan fingerprint density at radius 2 is 2.03 bits per heavy atom. The number of carbonyl (C=O) groups excluding carboxylic acids is 1. The minimum absolute atomic E-state index is 0.0646. The van der Waals surface area contributed by atoms with Crippen molar-refractivity contribution in [2.24, 2.45) is 0 Å². The minimum atomic E-state index is -1.03. The van der Waals surface area contributed by atoms with Crippen LogP contribution in [0.5, 0.6) is 5.75 Å². The maximum Gasteiger partial charge on any atom is 0.251 e. The third-order valence-electron chi connectivity index (χ3n) is 5.04. The molecule has 5 heteroatoms. The molecule has 0 spiro atoms. The number of carbonyl (C=O) groups is 1. The van der Waals surface area contributed by atoms with E-state index in [1.54, 1.807) is 33.1 Å². The molecule has 0 radical (unpaired) electrons. The van der Waals surface area contributed by atoms with Crippen LogP contribution in [0.2, 0.25) is 0 Å². The van der Waals surface area contributed by atoms with Gasteiger partial charge in [0.2, 0.25) is 0 Å². The summed E-state index contributed by atoms with van der Waals surface area (Å²) in [5.74, 6) is 6.50. The van der Waals surface area contributed by atoms with Crippen LogP contribution < -0.4 is 10.1 Å². The van der Waals surface area contributed by atoms with Crippen molar-refractivity contribution < 1.29 is 14.6 Å². The fraction of sp³-hybridized carbons (Fsp3) is 0.400. The number of amides is 1. The number of methoxy groups -OCH3 is 1. The number of aliphatic hydroxyl groups is 1. The number of hydrogen-bond acceptors (Lipinski definition) is 4. The van der Waals surface area contributed by atoms with Gasteiger partial charge in [0, 0.05) is 30.3 Å². The predicted molar refractivity (Wildman–Crippen MR) is 118 cm³/mol. The first kappa shape index (κ1) is 21.9. The molecule has 1 unspecified atom stereocenters. The summed E-state index contributed by atoms with van der Waals surface area (Å²) in [6.45, 7) is 5.99. The van der Waals surface area contributed by atoms with Gasteiger partial charge in [0.15, 0.2) is 0 Å². The van der Waals surface area contributed by atoms with E-state index in [2.05, 4.69) is 34.2 Å². The number of likely N-dealkylation sites (tertiary alicyclic amines) is 1. The van der Waals surface area contributed by atoms with Crippen LogP contribution in [0.3, 0.4) is 0 Å². The number of ether oxygens (including phenoxy) is 1. The molecule has 3 rings (SSSR count). The van der Waals surface area contributed by atoms with Crippen molar-refractivity contribution in [2.75, 3.05) is 20.2 Å². The minimum Gasteiger partial charge on any atom is -0.497 e. The van der Waals surface area contributed by atoms with E-state index in [1.807, 2.05) is 24.3 Å². The quantitative estimate of drug-likeness (QED) is 0.749. The number of nitrogens with one attached hydrogen (secondary N) is 1. The fourth-order valence-corrected chi connectivity index (χ4v) is 3.54. The van der Waals surface area contributed by atoms with E-state index in [9.17, 15) is 9.90 Å².